The summed E-state index contributed by atoms with van der Waals surface area (Å²) in [5.41, 5.74) is 1.15. The van der Waals surface area contributed by atoms with Gasteiger partial charge in [0, 0.05) is 0 Å². The summed E-state index contributed by atoms with van der Waals surface area (Å²) in [6, 6.07) is 11.3. The SMILES string of the molecule is O=C1N[C@@H](CCc2ccccc2)C(=O)N1C[C@@H](O)c1ccc(F)c(F)c1. The van der Waals surface area contributed by atoms with Crippen molar-refractivity contribution in [2.24, 2.45) is 0 Å². The smallest absolute Gasteiger partial charge is 0.324 e. The van der Waals surface area contributed by atoms with Crippen molar-refractivity contribution in [3.63, 3.8) is 0 Å². The number of hydrogen-bond acceptors (Lipinski definition) is 3. The molecule has 1 saturated heterocycles. The second kappa shape index (κ2) is 7.61. The molecule has 0 saturated carbocycles. The summed E-state index contributed by atoms with van der Waals surface area (Å²) >= 11 is 0. The van der Waals surface area contributed by atoms with Gasteiger partial charge in [-0.05, 0) is 36.1 Å². The molecule has 3 amide bonds. The van der Waals surface area contributed by atoms with Gasteiger partial charge in [-0.25, -0.2) is 13.6 Å². The molecular formula is C19H18F2N2O3. The first-order chi connectivity index (χ1) is 12.5. The number of imide groups is 1. The molecule has 1 aliphatic heterocycles. The first-order valence-electron chi connectivity index (χ1n) is 8.24. The first-order valence-corrected chi connectivity index (χ1v) is 8.24. The van der Waals surface area contributed by atoms with E-state index in [1.54, 1.807) is 0 Å². The number of carbonyl (C=O) groups is 2. The Bertz CT molecular complexity index is 814. The fraction of sp³-hybridized carbons (Fsp3) is 0.263. The summed E-state index contributed by atoms with van der Waals surface area (Å²) in [4.78, 5) is 25.4. The van der Waals surface area contributed by atoms with E-state index in [1.165, 1.54) is 6.07 Å². The van der Waals surface area contributed by atoms with Crippen LogP contribution in [0.25, 0.3) is 0 Å². The number of hydrogen-bond donors (Lipinski definition) is 2. The van der Waals surface area contributed by atoms with Gasteiger partial charge in [-0.3, -0.25) is 9.69 Å². The number of nitrogens with zero attached hydrogens (tertiary/aromatic N) is 1. The summed E-state index contributed by atoms with van der Waals surface area (Å²) in [6.07, 6.45) is -0.239. The fourth-order valence-electron chi connectivity index (χ4n) is 2.90. The van der Waals surface area contributed by atoms with E-state index in [1.807, 2.05) is 30.3 Å². The molecule has 0 radical (unpaired) electrons. The number of benzene rings is 2. The van der Waals surface area contributed by atoms with E-state index < -0.39 is 35.7 Å². The van der Waals surface area contributed by atoms with Gasteiger partial charge in [0.1, 0.15) is 6.04 Å². The van der Waals surface area contributed by atoms with Crippen LogP contribution in [0, 0.1) is 11.6 Å². The zero-order valence-corrected chi connectivity index (χ0v) is 13.9. The minimum atomic E-state index is -1.30. The number of rotatable bonds is 6. The molecule has 0 aromatic heterocycles. The van der Waals surface area contributed by atoms with Crippen molar-refractivity contribution >= 4 is 11.9 Å². The molecule has 26 heavy (non-hydrogen) atoms. The third-order valence-corrected chi connectivity index (χ3v) is 4.36. The normalized spacial score (nSPS) is 18.1. The van der Waals surface area contributed by atoms with Crippen molar-refractivity contribution in [3.8, 4) is 0 Å². The van der Waals surface area contributed by atoms with Crippen molar-refractivity contribution in [3.05, 3.63) is 71.3 Å². The van der Waals surface area contributed by atoms with Crippen LogP contribution in [0.2, 0.25) is 0 Å². The van der Waals surface area contributed by atoms with Crippen LogP contribution in [-0.2, 0) is 11.2 Å². The summed E-state index contributed by atoms with van der Waals surface area (Å²) in [5.74, 6) is -2.57. The zero-order valence-electron chi connectivity index (χ0n) is 13.9. The Morgan fingerprint density at radius 2 is 1.81 bits per heavy atom. The molecule has 2 aromatic carbocycles. The maximum Gasteiger partial charge on any atom is 0.324 e. The highest BCUT2D eigenvalue weighted by Crippen LogP contribution is 2.20. The van der Waals surface area contributed by atoms with Crippen LogP contribution < -0.4 is 5.32 Å². The van der Waals surface area contributed by atoms with Gasteiger partial charge >= 0.3 is 6.03 Å². The predicted molar refractivity (Wildman–Crippen MR) is 90.1 cm³/mol. The molecule has 1 heterocycles. The Balaban J connectivity index is 1.62. The van der Waals surface area contributed by atoms with E-state index in [2.05, 4.69) is 5.32 Å². The lowest BCUT2D eigenvalue weighted by molar-refractivity contribution is -0.128. The summed E-state index contributed by atoms with van der Waals surface area (Å²) < 4.78 is 26.3. The molecule has 1 aliphatic rings. The Morgan fingerprint density at radius 3 is 2.50 bits per heavy atom. The number of aliphatic hydroxyl groups excluding tert-OH is 1. The molecule has 2 atom stereocenters. The highest BCUT2D eigenvalue weighted by atomic mass is 19.2. The molecule has 0 spiro atoms. The van der Waals surface area contributed by atoms with Crippen molar-refractivity contribution < 1.29 is 23.5 Å². The van der Waals surface area contributed by atoms with Crippen LogP contribution in [-0.4, -0.2) is 34.5 Å². The fourth-order valence-corrected chi connectivity index (χ4v) is 2.90. The Kier molecular flexibility index (Phi) is 5.27. The molecule has 7 heteroatoms. The number of aliphatic hydroxyl groups is 1. The lowest BCUT2D eigenvalue weighted by Crippen LogP contribution is -2.35. The number of halogens is 2. The van der Waals surface area contributed by atoms with E-state index >= 15 is 0 Å². The Morgan fingerprint density at radius 1 is 1.08 bits per heavy atom. The lowest BCUT2D eigenvalue weighted by Gasteiger charge is -2.18. The van der Waals surface area contributed by atoms with Crippen LogP contribution in [0.1, 0.15) is 23.7 Å². The Labute approximate surface area is 149 Å². The average molecular weight is 360 g/mol. The molecule has 2 N–H and O–H groups in total. The topological polar surface area (TPSA) is 69.6 Å². The molecular weight excluding hydrogens is 342 g/mol. The quantitative estimate of drug-likeness (QED) is 0.778. The van der Waals surface area contributed by atoms with Crippen molar-refractivity contribution in [2.45, 2.75) is 25.0 Å². The van der Waals surface area contributed by atoms with Gasteiger partial charge < -0.3 is 10.4 Å². The highest BCUT2D eigenvalue weighted by molar-refractivity contribution is 6.04. The van der Waals surface area contributed by atoms with E-state index in [4.69, 9.17) is 0 Å². The number of urea groups is 1. The monoisotopic (exact) mass is 360 g/mol. The van der Waals surface area contributed by atoms with Gasteiger partial charge in [0.05, 0.1) is 12.6 Å². The number of aryl methyl sites for hydroxylation is 1. The lowest BCUT2D eigenvalue weighted by atomic mass is 10.0. The first kappa shape index (κ1) is 18.0. The van der Waals surface area contributed by atoms with E-state index in [9.17, 15) is 23.5 Å². The molecule has 136 valence electrons. The summed E-state index contributed by atoms with van der Waals surface area (Å²) in [5, 5.41) is 12.8. The number of β-amino-alcohol motifs (C(OH)–C–C–N with tert-alkyl or cyclic N) is 1. The number of carbonyl (C=O) groups excluding carboxylic acids is 2. The third kappa shape index (κ3) is 3.88. The van der Waals surface area contributed by atoms with Crippen LogP contribution >= 0.6 is 0 Å². The van der Waals surface area contributed by atoms with Crippen molar-refractivity contribution in [1.82, 2.24) is 10.2 Å². The van der Waals surface area contributed by atoms with Gasteiger partial charge in [-0.15, -0.1) is 0 Å². The van der Waals surface area contributed by atoms with E-state index in [0.717, 1.165) is 22.6 Å². The molecule has 3 rings (SSSR count). The third-order valence-electron chi connectivity index (χ3n) is 4.36. The van der Waals surface area contributed by atoms with Crippen LogP contribution in [0.3, 0.4) is 0 Å². The van der Waals surface area contributed by atoms with Crippen LogP contribution in [0.15, 0.2) is 48.5 Å². The van der Waals surface area contributed by atoms with E-state index in [-0.39, 0.29) is 12.1 Å². The molecule has 5 nitrogen and oxygen atoms in total. The minimum Gasteiger partial charge on any atom is -0.387 e. The second-order valence-corrected chi connectivity index (χ2v) is 6.16. The number of amides is 3. The molecule has 2 aromatic rings. The van der Waals surface area contributed by atoms with Gasteiger partial charge in [0.25, 0.3) is 5.91 Å². The van der Waals surface area contributed by atoms with Crippen molar-refractivity contribution in [2.75, 3.05) is 6.54 Å². The van der Waals surface area contributed by atoms with Gasteiger partial charge in [-0.2, -0.15) is 0 Å². The van der Waals surface area contributed by atoms with Crippen LogP contribution in [0.5, 0.6) is 0 Å². The van der Waals surface area contributed by atoms with Gasteiger partial charge in [0.15, 0.2) is 11.6 Å². The molecule has 1 fully saturated rings. The summed E-state index contributed by atoms with van der Waals surface area (Å²) in [7, 11) is 0. The van der Waals surface area contributed by atoms with E-state index in [0.29, 0.717) is 12.8 Å². The zero-order chi connectivity index (χ0) is 18.7. The van der Waals surface area contributed by atoms with Crippen molar-refractivity contribution in [1.29, 1.82) is 0 Å². The minimum absolute atomic E-state index is 0.0947. The maximum atomic E-state index is 13.3. The van der Waals surface area contributed by atoms with Crippen LogP contribution in [0.4, 0.5) is 13.6 Å². The Hall–Kier alpha value is -2.80. The molecule has 0 bridgehead atoms. The van der Waals surface area contributed by atoms with Gasteiger partial charge in [-0.1, -0.05) is 36.4 Å². The predicted octanol–water partition coefficient (Wildman–Crippen LogP) is 2.55. The number of nitrogens with one attached hydrogen (secondary N) is 1. The standard InChI is InChI=1S/C19H18F2N2O3/c20-14-8-7-13(10-15(14)21)17(24)11-23-18(25)16(22-19(23)26)9-6-12-4-2-1-3-5-12/h1-5,7-8,10,16-17,24H,6,9,11H2,(H,22,26)/t16-,17+/m0/s1. The van der Waals surface area contributed by atoms with Gasteiger partial charge in [0.2, 0.25) is 0 Å². The maximum absolute atomic E-state index is 13.3. The average Bonchev–Trinajstić information content (AvgIpc) is 2.90. The second-order valence-electron chi connectivity index (χ2n) is 6.16. The highest BCUT2D eigenvalue weighted by Gasteiger charge is 2.38. The molecule has 0 unspecified atom stereocenters. The largest absolute Gasteiger partial charge is 0.387 e. The summed E-state index contributed by atoms with van der Waals surface area (Å²) in [6.45, 7) is -0.322. The molecule has 0 aliphatic carbocycles.